The van der Waals surface area contributed by atoms with E-state index >= 15 is 0 Å². The normalized spacial score (nSPS) is 11.5. The van der Waals surface area contributed by atoms with Crippen LogP contribution < -0.4 is 14.8 Å². The molecular weight excluding hydrogens is 364 g/mol. The number of benzene rings is 2. The summed E-state index contributed by atoms with van der Waals surface area (Å²) in [6.45, 7) is 2.38. The van der Waals surface area contributed by atoms with Gasteiger partial charge >= 0.3 is 0 Å². The van der Waals surface area contributed by atoms with Gasteiger partial charge in [0, 0.05) is 24.9 Å². The van der Waals surface area contributed by atoms with Crippen LogP contribution in [0.4, 0.5) is 0 Å². The van der Waals surface area contributed by atoms with Crippen LogP contribution in [0.15, 0.2) is 53.9 Å². The molecular formula is C20H24N2O4S. The molecule has 0 aliphatic carbocycles. The Balaban J connectivity index is 1.73. The van der Waals surface area contributed by atoms with E-state index in [0.717, 1.165) is 27.8 Å². The fourth-order valence-corrected chi connectivity index (χ4v) is 3.05. The minimum absolute atomic E-state index is 0.0367. The molecule has 0 aliphatic rings. The number of sulfonamides is 1. The second-order valence-electron chi connectivity index (χ2n) is 6.03. The molecule has 2 N–H and O–H groups in total. The van der Waals surface area contributed by atoms with Gasteiger partial charge in [0.25, 0.3) is 0 Å². The highest BCUT2D eigenvalue weighted by Crippen LogP contribution is 2.11. The fraction of sp³-hybridized carbons (Fsp3) is 0.250. The standard InChI is InChI=1S/C20H24N2O4S/c1-16-3-5-17(6-4-16)12-14-27(24,25)22-13-11-20(23)21-15-18-7-9-19(26-2)10-8-18/h3-10,12,14,22H,11,13,15H2,1-2H3,(H,21,23). The summed E-state index contributed by atoms with van der Waals surface area (Å²) < 4.78 is 31.4. The van der Waals surface area contributed by atoms with Crippen LogP contribution in [0, 0.1) is 6.92 Å². The highest BCUT2D eigenvalue weighted by molar-refractivity contribution is 7.92. The highest BCUT2D eigenvalue weighted by atomic mass is 32.2. The number of amides is 1. The molecule has 0 aromatic heterocycles. The lowest BCUT2D eigenvalue weighted by Crippen LogP contribution is -2.29. The molecule has 6 nitrogen and oxygen atoms in total. The summed E-state index contributed by atoms with van der Waals surface area (Å²) in [6.07, 6.45) is 1.58. The molecule has 0 aliphatic heterocycles. The quantitative estimate of drug-likeness (QED) is 0.692. The van der Waals surface area contributed by atoms with E-state index in [4.69, 9.17) is 4.74 Å². The van der Waals surface area contributed by atoms with Crippen molar-refractivity contribution in [2.75, 3.05) is 13.7 Å². The Labute approximate surface area is 160 Å². The molecule has 0 saturated heterocycles. The Morgan fingerprint density at radius 3 is 2.37 bits per heavy atom. The van der Waals surface area contributed by atoms with Crippen molar-refractivity contribution in [3.63, 3.8) is 0 Å². The Morgan fingerprint density at radius 2 is 1.74 bits per heavy atom. The summed E-state index contributed by atoms with van der Waals surface area (Å²) in [7, 11) is -1.99. The lowest BCUT2D eigenvalue weighted by Gasteiger charge is -2.07. The summed E-state index contributed by atoms with van der Waals surface area (Å²) in [6, 6.07) is 14.9. The zero-order chi connectivity index (χ0) is 19.7. The molecule has 0 saturated carbocycles. The van der Waals surface area contributed by atoms with Crippen molar-refractivity contribution in [3.8, 4) is 5.75 Å². The summed E-state index contributed by atoms with van der Waals surface area (Å²) in [5.74, 6) is 0.522. The number of methoxy groups -OCH3 is 1. The monoisotopic (exact) mass is 388 g/mol. The summed E-state index contributed by atoms with van der Waals surface area (Å²) in [5.41, 5.74) is 2.84. The van der Waals surface area contributed by atoms with Crippen LogP contribution in [0.2, 0.25) is 0 Å². The Kier molecular flexibility index (Phi) is 7.57. The number of hydrogen-bond acceptors (Lipinski definition) is 4. The lowest BCUT2D eigenvalue weighted by atomic mass is 10.2. The maximum atomic E-state index is 12.0. The molecule has 2 aromatic carbocycles. The van der Waals surface area contributed by atoms with Crippen molar-refractivity contribution in [1.29, 1.82) is 0 Å². The van der Waals surface area contributed by atoms with Gasteiger partial charge in [0.2, 0.25) is 15.9 Å². The van der Waals surface area contributed by atoms with Gasteiger partial charge in [0.15, 0.2) is 0 Å². The average molecular weight is 388 g/mol. The van der Waals surface area contributed by atoms with Gasteiger partial charge in [-0.2, -0.15) is 0 Å². The number of carbonyl (C=O) groups is 1. The van der Waals surface area contributed by atoms with Crippen LogP contribution in [0.3, 0.4) is 0 Å². The number of carbonyl (C=O) groups excluding carboxylic acids is 1. The Hall–Kier alpha value is -2.64. The predicted molar refractivity (Wildman–Crippen MR) is 107 cm³/mol. The average Bonchev–Trinajstić information content (AvgIpc) is 2.66. The van der Waals surface area contributed by atoms with Gasteiger partial charge in [-0.25, -0.2) is 13.1 Å². The predicted octanol–water partition coefficient (Wildman–Crippen LogP) is 2.60. The van der Waals surface area contributed by atoms with Gasteiger partial charge in [-0.1, -0.05) is 42.0 Å². The molecule has 2 rings (SSSR count). The molecule has 1 amide bonds. The zero-order valence-electron chi connectivity index (χ0n) is 15.4. The second kappa shape index (κ2) is 9.89. The number of aryl methyl sites for hydroxylation is 1. The van der Waals surface area contributed by atoms with Crippen LogP contribution in [0.5, 0.6) is 5.75 Å². The zero-order valence-corrected chi connectivity index (χ0v) is 16.3. The third kappa shape index (κ3) is 7.64. The van der Waals surface area contributed by atoms with Crippen molar-refractivity contribution < 1.29 is 17.9 Å². The number of nitrogens with one attached hydrogen (secondary N) is 2. The van der Waals surface area contributed by atoms with Gasteiger partial charge < -0.3 is 10.1 Å². The summed E-state index contributed by atoms with van der Waals surface area (Å²) in [5, 5.41) is 3.86. The largest absolute Gasteiger partial charge is 0.497 e. The van der Waals surface area contributed by atoms with E-state index in [2.05, 4.69) is 10.0 Å². The third-order valence-electron chi connectivity index (χ3n) is 3.82. The lowest BCUT2D eigenvalue weighted by molar-refractivity contribution is -0.121. The van der Waals surface area contributed by atoms with Gasteiger partial charge in [-0.05, 0) is 36.3 Å². The molecule has 7 heteroatoms. The van der Waals surface area contributed by atoms with E-state index in [1.807, 2.05) is 55.5 Å². The Bertz CT molecular complexity index is 873. The minimum atomic E-state index is -3.58. The maximum Gasteiger partial charge on any atom is 0.233 e. The topological polar surface area (TPSA) is 84.5 Å². The summed E-state index contributed by atoms with van der Waals surface area (Å²) in [4.78, 5) is 11.8. The number of ether oxygens (including phenoxy) is 1. The maximum absolute atomic E-state index is 12.0. The summed E-state index contributed by atoms with van der Waals surface area (Å²) >= 11 is 0. The third-order valence-corrected chi connectivity index (χ3v) is 4.92. The van der Waals surface area contributed by atoms with Gasteiger partial charge in [0.05, 0.1) is 7.11 Å². The number of hydrogen-bond donors (Lipinski definition) is 2. The van der Waals surface area contributed by atoms with Crippen molar-refractivity contribution in [2.24, 2.45) is 0 Å². The fourth-order valence-electron chi connectivity index (χ4n) is 2.23. The molecule has 0 atom stereocenters. The van der Waals surface area contributed by atoms with Gasteiger partial charge in [-0.3, -0.25) is 4.79 Å². The van der Waals surface area contributed by atoms with Gasteiger partial charge in [-0.15, -0.1) is 0 Å². The molecule has 0 bridgehead atoms. The van der Waals surface area contributed by atoms with Crippen LogP contribution in [0.25, 0.3) is 6.08 Å². The first-order valence-corrected chi connectivity index (χ1v) is 10.1. The minimum Gasteiger partial charge on any atom is -0.497 e. The molecule has 0 fully saturated rings. The van der Waals surface area contributed by atoms with E-state index in [1.165, 1.54) is 6.08 Å². The molecule has 144 valence electrons. The van der Waals surface area contributed by atoms with E-state index in [9.17, 15) is 13.2 Å². The van der Waals surface area contributed by atoms with Crippen LogP contribution in [-0.2, 0) is 21.4 Å². The van der Waals surface area contributed by atoms with Crippen molar-refractivity contribution in [2.45, 2.75) is 19.9 Å². The van der Waals surface area contributed by atoms with Crippen LogP contribution >= 0.6 is 0 Å². The molecule has 0 heterocycles. The first-order chi connectivity index (χ1) is 12.9. The highest BCUT2D eigenvalue weighted by Gasteiger charge is 2.07. The van der Waals surface area contributed by atoms with E-state index in [0.29, 0.717) is 6.54 Å². The van der Waals surface area contributed by atoms with E-state index in [-0.39, 0.29) is 18.9 Å². The first-order valence-electron chi connectivity index (χ1n) is 8.52. The molecule has 2 aromatic rings. The van der Waals surface area contributed by atoms with Crippen LogP contribution in [0.1, 0.15) is 23.1 Å². The molecule has 0 radical (unpaired) electrons. The van der Waals surface area contributed by atoms with E-state index in [1.54, 1.807) is 7.11 Å². The van der Waals surface area contributed by atoms with Crippen LogP contribution in [-0.4, -0.2) is 28.0 Å². The molecule has 27 heavy (non-hydrogen) atoms. The van der Waals surface area contributed by atoms with E-state index < -0.39 is 10.0 Å². The number of rotatable bonds is 9. The van der Waals surface area contributed by atoms with Crippen molar-refractivity contribution in [1.82, 2.24) is 10.0 Å². The van der Waals surface area contributed by atoms with Crippen molar-refractivity contribution in [3.05, 3.63) is 70.6 Å². The molecule has 0 unspecified atom stereocenters. The second-order valence-corrected chi connectivity index (χ2v) is 7.68. The Morgan fingerprint density at radius 1 is 1.07 bits per heavy atom. The first kappa shape index (κ1) is 20.7. The smallest absolute Gasteiger partial charge is 0.233 e. The van der Waals surface area contributed by atoms with Gasteiger partial charge in [0.1, 0.15) is 5.75 Å². The van der Waals surface area contributed by atoms with Crippen molar-refractivity contribution >= 4 is 22.0 Å². The molecule has 0 spiro atoms. The SMILES string of the molecule is COc1ccc(CNC(=O)CCNS(=O)(=O)C=Cc2ccc(C)cc2)cc1.